The Balaban J connectivity index is 2.51. The Kier molecular flexibility index (Phi) is 1.60. The van der Waals surface area contributed by atoms with Gasteiger partial charge in [-0.25, -0.2) is 9.95 Å². The van der Waals surface area contributed by atoms with E-state index in [-0.39, 0.29) is 5.63 Å². The summed E-state index contributed by atoms with van der Waals surface area (Å²) >= 11 is 0. The van der Waals surface area contributed by atoms with E-state index in [0.29, 0.717) is 5.56 Å². The molecule has 12 heavy (non-hydrogen) atoms. The monoisotopic (exact) mass is 166 g/mol. The zero-order valence-corrected chi connectivity index (χ0v) is 6.89. The second-order valence-corrected chi connectivity index (χ2v) is 2.92. The van der Waals surface area contributed by atoms with Crippen LogP contribution < -0.4 is 5.63 Å². The van der Waals surface area contributed by atoms with Crippen molar-refractivity contribution in [3.63, 3.8) is 0 Å². The van der Waals surface area contributed by atoms with Crippen molar-refractivity contribution in [2.45, 2.75) is 19.8 Å². The maximum atomic E-state index is 11.1. The molecule has 2 heterocycles. The molecule has 0 aromatic carbocycles. The van der Waals surface area contributed by atoms with Gasteiger partial charge in [-0.15, -0.1) is 0 Å². The van der Waals surface area contributed by atoms with Crippen LogP contribution in [-0.2, 0) is 0 Å². The lowest BCUT2D eigenvalue weighted by molar-refractivity contribution is 0.387. The van der Waals surface area contributed by atoms with Crippen LogP contribution in [0.15, 0.2) is 14.3 Å². The molecule has 4 heteroatoms. The van der Waals surface area contributed by atoms with E-state index in [1.807, 2.05) is 6.92 Å². The molecule has 1 aromatic rings. The number of H-pyrrole nitrogens is 1. The van der Waals surface area contributed by atoms with Crippen LogP contribution in [0.25, 0.3) is 0 Å². The molecular formula is C8H10N2O2. The lowest BCUT2D eigenvalue weighted by atomic mass is 10.1. The molecule has 2 rings (SSSR count). The number of rotatable bonds is 1. The SMILES string of the molecule is Cc1[nH]oc(=O)c1C1=NCCC1. The summed E-state index contributed by atoms with van der Waals surface area (Å²) in [5, 5.41) is 2.55. The van der Waals surface area contributed by atoms with Crippen LogP contribution in [0.2, 0.25) is 0 Å². The van der Waals surface area contributed by atoms with E-state index in [9.17, 15) is 4.79 Å². The molecule has 1 N–H and O–H groups in total. The Morgan fingerprint density at radius 3 is 2.92 bits per heavy atom. The van der Waals surface area contributed by atoms with Gasteiger partial charge in [0.15, 0.2) is 0 Å². The van der Waals surface area contributed by atoms with Crippen molar-refractivity contribution in [3.8, 4) is 0 Å². The Morgan fingerprint density at radius 1 is 1.58 bits per heavy atom. The summed E-state index contributed by atoms with van der Waals surface area (Å²) in [7, 11) is 0. The molecule has 1 aliphatic rings. The summed E-state index contributed by atoms with van der Waals surface area (Å²) in [4.78, 5) is 15.4. The van der Waals surface area contributed by atoms with Gasteiger partial charge in [0.2, 0.25) is 0 Å². The molecule has 0 saturated heterocycles. The molecule has 0 fully saturated rings. The number of aromatic amines is 1. The molecule has 0 bridgehead atoms. The van der Waals surface area contributed by atoms with Crippen molar-refractivity contribution in [2.75, 3.05) is 6.54 Å². The van der Waals surface area contributed by atoms with Crippen molar-refractivity contribution in [1.82, 2.24) is 5.16 Å². The van der Waals surface area contributed by atoms with Crippen molar-refractivity contribution in [3.05, 3.63) is 21.7 Å². The van der Waals surface area contributed by atoms with Crippen molar-refractivity contribution in [1.29, 1.82) is 0 Å². The molecule has 64 valence electrons. The molecule has 0 amide bonds. The van der Waals surface area contributed by atoms with Crippen molar-refractivity contribution in [2.24, 2.45) is 4.99 Å². The lowest BCUT2D eigenvalue weighted by Gasteiger charge is -1.92. The summed E-state index contributed by atoms with van der Waals surface area (Å²) in [6.45, 7) is 2.65. The molecule has 0 radical (unpaired) electrons. The van der Waals surface area contributed by atoms with Gasteiger partial charge in [0.25, 0.3) is 0 Å². The quantitative estimate of drug-likeness (QED) is 0.672. The van der Waals surface area contributed by atoms with E-state index in [0.717, 1.165) is 30.8 Å². The predicted octanol–water partition coefficient (Wildman–Crippen LogP) is 0.859. The van der Waals surface area contributed by atoms with E-state index in [2.05, 4.69) is 14.7 Å². The molecule has 0 unspecified atom stereocenters. The highest BCUT2D eigenvalue weighted by Gasteiger charge is 2.17. The smallest absolute Gasteiger partial charge is 0.338 e. The zero-order chi connectivity index (χ0) is 8.55. The highest BCUT2D eigenvalue weighted by molar-refractivity contribution is 6.01. The molecule has 0 aliphatic carbocycles. The number of aryl methyl sites for hydroxylation is 1. The lowest BCUT2D eigenvalue weighted by Crippen LogP contribution is -2.09. The molecule has 0 spiro atoms. The van der Waals surface area contributed by atoms with Crippen LogP contribution in [0.5, 0.6) is 0 Å². The van der Waals surface area contributed by atoms with Crippen LogP contribution in [-0.4, -0.2) is 17.4 Å². The normalized spacial score (nSPS) is 16.6. The number of aromatic nitrogens is 1. The van der Waals surface area contributed by atoms with Gasteiger partial charge in [-0.3, -0.25) is 4.99 Å². The third kappa shape index (κ3) is 0.995. The molecular weight excluding hydrogens is 156 g/mol. The number of nitrogens with one attached hydrogen (secondary N) is 1. The van der Waals surface area contributed by atoms with E-state index in [4.69, 9.17) is 0 Å². The fourth-order valence-electron chi connectivity index (χ4n) is 1.46. The van der Waals surface area contributed by atoms with Crippen molar-refractivity contribution >= 4 is 5.71 Å². The van der Waals surface area contributed by atoms with Crippen LogP contribution in [0.4, 0.5) is 0 Å². The molecule has 4 nitrogen and oxygen atoms in total. The number of hydrogen-bond acceptors (Lipinski definition) is 3. The molecule has 0 atom stereocenters. The predicted molar refractivity (Wildman–Crippen MR) is 44.7 cm³/mol. The summed E-state index contributed by atoms with van der Waals surface area (Å²) in [5.41, 5.74) is 2.00. The van der Waals surface area contributed by atoms with Gasteiger partial charge >= 0.3 is 5.63 Å². The van der Waals surface area contributed by atoms with E-state index < -0.39 is 0 Å². The van der Waals surface area contributed by atoms with Gasteiger partial charge in [-0.1, -0.05) is 0 Å². The Labute approximate surface area is 69.3 Å². The maximum Gasteiger partial charge on any atom is 0.366 e. The second-order valence-electron chi connectivity index (χ2n) is 2.92. The molecule has 1 aromatic heterocycles. The van der Waals surface area contributed by atoms with Crippen LogP contribution >= 0.6 is 0 Å². The standard InChI is InChI=1S/C8H10N2O2/c1-5-7(8(11)12-10-5)6-3-2-4-9-6/h10H,2-4H2,1H3. The Bertz CT molecular complexity index is 373. The highest BCUT2D eigenvalue weighted by atomic mass is 16.5. The second kappa shape index (κ2) is 2.62. The first-order valence-electron chi connectivity index (χ1n) is 4.01. The van der Waals surface area contributed by atoms with Crippen LogP contribution in [0.3, 0.4) is 0 Å². The first kappa shape index (κ1) is 7.34. The Hall–Kier alpha value is -1.32. The third-order valence-electron chi connectivity index (χ3n) is 2.04. The maximum absolute atomic E-state index is 11.1. The minimum atomic E-state index is -0.298. The minimum absolute atomic E-state index is 0.298. The Morgan fingerprint density at radius 2 is 2.42 bits per heavy atom. The average Bonchev–Trinajstić information content (AvgIpc) is 2.61. The van der Waals surface area contributed by atoms with E-state index in [1.54, 1.807) is 0 Å². The van der Waals surface area contributed by atoms with Gasteiger partial charge in [0, 0.05) is 6.54 Å². The van der Waals surface area contributed by atoms with Gasteiger partial charge in [-0.2, -0.15) is 0 Å². The van der Waals surface area contributed by atoms with Crippen LogP contribution in [0.1, 0.15) is 24.1 Å². The zero-order valence-electron chi connectivity index (χ0n) is 6.89. The highest BCUT2D eigenvalue weighted by Crippen LogP contribution is 2.11. The first-order valence-corrected chi connectivity index (χ1v) is 4.01. The summed E-state index contributed by atoms with van der Waals surface area (Å²) in [5.74, 6) is 0. The third-order valence-corrected chi connectivity index (χ3v) is 2.04. The average molecular weight is 166 g/mol. The fraction of sp³-hybridized carbons (Fsp3) is 0.500. The van der Waals surface area contributed by atoms with Gasteiger partial charge in [-0.05, 0) is 19.8 Å². The topological polar surface area (TPSA) is 58.4 Å². The number of nitrogens with zero attached hydrogens (tertiary/aromatic N) is 1. The van der Waals surface area contributed by atoms with Crippen molar-refractivity contribution < 1.29 is 4.52 Å². The van der Waals surface area contributed by atoms with Gasteiger partial charge < -0.3 is 4.52 Å². The van der Waals surface area contributed by atoms with E-state index >= 15 is 0 Å². The van der Waals surface area contributed by atoms with E-state index in [1.165, 1.54) is 0 Å². The first-order chi connectivity index (χ1) is 5.79. The van der Waals surface area contributed by atoms with Crippen LogP contribution in [0, 0.1) is 6.92 Å². The van der Waals surface area contributed by atoms with Gasteiger partial charge in [0.1, 0.15) is 5.56 Å². The number of aliphatic imine (C=N–C) groups is 1. The minimum Gasteiger partial charge on any atom is -0.338 e. The number of hydrogen-bond donors (Lipinski definition) is 1. The summed E-state index contributed by atoms with van der Waals surface area (Å²) in [6.07, 6.45) is 1.93. The largest absolute Gasteiger partial charge is 0.366 e. The summed E-state index contributed by atoms with van der Waals surface area (Å²) < 4.78 is 4.65. The fourth-order valence-corrected chi connectivity index (χ4v) is 1.46. The van der Waals surface area contributed by atoms with Gasteiger partial charge in [0.05, 0.1) is 11.4 Å². The summed E-state index contributed by atoms with van der Waals surface area (Å²) in [6, 6.07) is 0. The molecule has 1 aliphatic heterocycles. The molecule has 0 saturated carbocycles.